The third-order valence-corrected chi connectivity index (χ3v) is 3.58. The summed E-state index contributed by atoms with van der Waals surface area (Å²) in [7, 11) is 1.69. The summed E-state index contributed by atoms with van der Waals surface area (Å²) in [6.07, 6.45) is 0.970. The number of nitrogens with one attached hydrogen (secondary N) is 1. The van der Waals surface area contributed by atoms with Crippen molar-refractivity contribution in [3.8, 4) is 5.75 Å². The Balaban J connectivity index is 2.28. The molecule has 0 aromatic heterocycles. The van der Waals surface area contributed by atoms with Gasteiger partial charge in [-0.25, -0.2) is 0 Å². The Bertz CT molecular complexity index is 583. The van der Waals surface area contributed by atoms with Gasteiger partial charge < -0.3 is 10.1 Å². The van der Waals surface area contributed by atoms with Gasteiger partial charge in [-0.2, -0.15) is 0 Å². The largest absolute Gasteiger partial charge is 0.495 e. The zero-order valence-electron chi connectivity index (χ0n) is 12.1. The molecule has 0 heterocycles. The molecular weight excluding hydrogens is 270 g/mol. The molecule has 2 aromatic carbocycles. The lowest BCUT2D eigenvalue weighted by atomic mass is 10.0. The fourth-order valence-corrected chi connectivity index (χ4v) is 2.47. The van der Waals surface area contributed by atoms with Crippen molar-refractivity contribution in [1.82, 2.24) is 0 Å². The monoisotopic (exact) mass is 289 g/mol. The number of benzene rings is 2. The second-order valence-electron chi connectivity index (χ2n) is 4.86. The van der Waals surface area contributed by atoms with E-state index in [1.54, 1.807) is 7.11 Å². The predicted octanol–water partition coefficient (Wildman–Crippen LogP) is 5.22. The lowest BCUT2D eigenvalue weighted by Gasteiger charge is -2.21. The second-order valence-corrected chi connectivity index (χ2v) is 5.30. The molecule has 20 heavy (non-hydrogen) atoms. The molecule has 0 aliphatic rings. The van der Waals surface area contributed by atoms with Crippen molar-refractivity contribution in [2.45, 2.75) is 26.3 Å². The van der Waals surface area contributed by atoms with E-state index in [1.807, 2.05) is 30.3 Å². The second kappa shape index (κ2) is 6.67. The summed E-state index contributed by atoms with van der Waals surface area (Å²) in [5.74, 6) is 0.857. The van der Waals surface area contributed by atoms with Gasteiger partial charge in [0.1, 0.15) is 5.75 Å². The van der Waals surface area contributed by atoms with E-state index >= 15 is 0 Å². The number of halogens is 1. The third kappa shape index (κ3) is 3.45. The maximum absolute atomic E-state index is 6.08. The average molecular weight is 290 g/mol. The third-order valence-electron chi connectivity index (χ3n) is 3.34. The molecule has 0 bridgehead atoms. The minimum atomic E-state index is 0.212. The Morgan fingerprint density at radius 2 is 2.00 bits per heavy atom. The minimum absolute atomic E-state index is 0.212. The highest BCUT2D eigenvalue weighted by molar-refractivity contribution is 6.30. The molecule has 1 unspecified atom stereocenters. The molecule has 1 atom stereocenters. The first-order valence-corrected chi connectivity index (χ1v) is 7.18. The minimum Gasteiger partial charge on any atom is -0.495 e. The van der Waals surface area contributed by atoms with Crippen LogP contribution in [0.25, 0.3) is 0 Å². The Morgan fingerprint density at radius 3 is 2.65 bits per heavy atom. The van der Waals surface area contributed by atoms with Crippen LogP contribution in [0.15, 0.2) is 42.5 Å². The van der Waals surface area contributed by atoms with E-state index in [4.69, 9.17) is 16.3 Å². The molecule has 2 nitrogen and oxygen atoms in total. The highest BCUT2D eigenvalue weighted by Gasteiger charge is 2.12. The SMILES string of the molecule is CCC(Nc1cc(C)ccc1OC)c1cccc(Cl)c1. The van der Waals surface area contributed by atoms with Gasteiger partial charge in [0.05, 0.1) is 18.8 Å². The van der Waals surface area contributed by atoms with Crippen molar-refractivity contribution < 1.29 is 4.74 Å². The molecule has 0 fully saturated rings. The van der Waals surface area contributed by atoms with Gasteiger partial charge in [0.25, 0.3) is 0 Å². The van der Waals surface area contributed by atoms with Gasteiger partial charge in [-0.15, -0.1) is 0 Å². The number of ether oxygens (including phenoxy) is 1. The van der Waals surface area contributed by atoms with Crippen LogP contribution < -0.4 is 10.1 Å². The zero-order chi connectivity index (χ0) is 14.5. The van der Waals surface area contributed by atoms with Gasteiger partial charge >= 0.3 is 0 Å². The maximum Gasteiger partial charge on any atom is 0.141 e. The van der Waals surface area contributed by atoms with E-state index in [0.717, 1.165) is 22.9 Å². The van der Waals surface area contributed by atoms with Crippen LogP contribution >= 0.6 is 11.6 Å². The van der Waals surface area contributed by atoms with E-state index in [1.165, 1.54) is 11.1 Å². The van der Waals surface area contributed by atoms with Gasteiger partial charge in [0, 0.05) is 5.02 Å². The molecule has 106 valence electrons. The van der Waals surface area contributed by atoms with Crippen LogP contribution in [0.1, 0.15) is 30.5 Å². The fraction of sp³-hybridized carbons (Fsp3) is 0.294. The summed E-state index contributed by atoms with van der Waals surface area (Å²) >= 11 is 6.08. The van der Waals surface area contributed by atoms with Crippen LogP contribution in [0.2, 0.25) is 5.02 Å². The highest BCUT2D eigenvalue weighted by Crippen LogP contribution is 2.31. The first-order valence-electron chi connectivity index (χ1n) is 6.80. The fourth-order valence-electron chi connectivity index (χ4n) is 2.27. The highest BCUT2D eigenvalue weighted by atomic mass is 35.5. The molecule has 3 heteroatoms. The Hall–Kier alpha value is -1.67. The van der Waals surface area contributed by atoms with E-state index in [9.17, 15) is 0 Å². The van der Waals surface area contributed by atoms with Crippen molar-refractivity contribution in [1.29, 1.82) is 0 Å². The summed E-state index contributed by atoms with van der Waals surface area (Å²) in [4.78, 5) is 0. The molecule has 0 aliphatic heterocycles. The number of rotatable bonds is 5. The van der Waals surface area contributed by atoms with Crippen LogP contribution in [-0.2, 0) is 0 Å². The van der Waals surface area contributed by atoms with Gasteiger partial charge in [-0.1, -0.05) is 36.7 Å². The smallest absolute Gasteiger partial charge is 0.141 e. The van der Waals surface area contributed by atoms with Crippen LogP contribution in [-0.4, -0.2) is 7.11 Å². The van der Waals surface area contributed by atoms with Crippen LogP contribution in [0.5, 0.6) is 5.75 Å². The predicted molar refractivity (Wildman–Crippen MR) is 85.8 cm³/mol. The Morgan fingerprint density at radius 1 is 1.20 bits per heavy atom. The van der Waals surface area contributed by atoms with Crippen molar-refractivity contribution in [2.24, 2.45) is 0 Å². The summed E-state index contributed by atoms with van der Waals surface area (Å²) < 4.78 is 5.42. The lowest BCUT2D eigenvalue weighted by Crippen LogP contribution is -2.10. The molecule has 0 spiro atoms. The van der Waals surface area contributed by atoms with Gasteiger partial charge in [0.15, 0.2) is 0 Å². The maximum atomic E-state index is 6.08. The van der Waals surface area contributed by atoms with Crippen LogP contribution in [0, 0.1) is 6.92 Å². The lowest BCUT2D eigenvalue weighted by molar-refractivity contribution is 0.416. The summed E-state index contributed by atoms with van der Waals surface area (Å²) in [5.41, 5.74) is 3.40. The molecule has 0 saturated heterocycles. The quantitative estimate of drug-likeness (QED) is 0.815. The number of anilines is 1. The van der Waals surface area contributed by atoms with Gasteiger partial charge in [0.2, 0.25) is 0 Å². The Kier molecular flexibility index (Phi) is 4.91. The van der Waals surface area contributed by atoms with Crippen LogP contribution in [0.4, 0.5) is 5.69 Å². The number of hydrogen-bond acceptors (Lipinski definition) is 2. The summed E-state index contributed by atoms with van der Waals surface area (Å²) in [6, 6.07) is 14.3. The van der Waals surface area contributed by atoms with Crippen molar-refractivity contribution in [3.63, 3.8) is 0 Å². The van der Waals surface area contributed by atoms with Crippen molar-refractivity contribution >= 4 is 17.3 Å². The molecule has 0 saturated carbocycles. The van der Waals surface area contributed by atoms with Crippen LogP contribution in [0.3, 0.4) is 0 Å². The first kappa shape index (κ1) is 14.7. The number of methoxy groups -OCH3 is 1. The standard InChI is InChI=1S/C17H20ClNO/c1-4-15(13-6-5-7-14(18)11-13)19-16-10-12(2)8-9-17(16)20-3/h5-11,15,19H,4H2,1-3H3. The molecule has 0 aliphatic carbocycles. The number of aryl methyl sites for hydroxylation is 1. The van der Waals surface area contributed by atoms with Gasteiger partial charge in [-0.3, -0.25) is 0 Å². The topological polar surface area (TPSA) is 21.3 Å². The molecular formula is C17H20ClNO. The molecule has 2 rings (SSSR count). The molecule has 0 radical (unpaired) electrons. The van der Waals surface area contributed by atoms with E-state index in [0.29, 0.717) is 0 Å². The molecule has 2 aromatic rings. The van der Waals surface area contributed by atoms with E-state index < -0.39 is 0 Å². The van der Waals surface area contributed by atoms with Crippen molar-refractivity contribution in [3.05, 3.63) is 58.6 Å². The molecule has 1 N–H and O–H groups in total. The summed E-state index contributed by atoms with van der Waals surface area (Å²) in [5, 5.41) is 4.31. The molecule has 0 amide bonds. The van der Waals surface area contributed by atoms with E-state index in [2.05, 4.69) is 31.3 Å². The van der Waals surface area contributed by atoms with Gasteiger partial charge in [-0.05, 0) is 48.7 Å². The Labute approximate surface area is 125 Å². The average Bonchev–Trinajstić information content (AvgIpc) is 2.45. The number of hydrogen-bond donors (Lipinski definition) is 1. The van der Waals surface area contributed by atoms with E-state index in [-0.39, 0.29) is 6.04 Å². The van der Waals surface area contributed by atoms with Crippen molar-refractivity contribution in [2.75, 3.05) is 12.4 Å². The first-order chi connectivity index (χ1) is 9.63. The normalized spacial score (nSPS) is 12.0. The summed E-state index contributed by atoms with van der Waals surface area (Å²) in [6.45, 7) is 4.23. The zero-order valence-corrected chi connectivity index (χ0v) is 12.9.